The highest BCUT2D eigenvalue weighted by atomic mass is 15.3. The Balaban J connectivity index is 2.78. The second-order valence-corrected chi connectivity index (χ2v) is 5.57. The van der Waals surface area contributed by atoms with Crippen LogP contribution in [0.2, 0.25) is 0 Å². The predicted molar refractivity (Wildman–Crippen MR) is 68.3 cm³/mol. The fraction of sp³-hybridized carbons (Fsp3) is 0.769. The topological polar surface area (TPSA) is 43.8 Å². The second-order valence-electron chi connectivity index (χ2n) is 5.57. The van der Waals surface area contributed by atoms with Gasteiger partial charge in [0.25, 0.3) is 0 Å². The molecule has 2 N–H and O–H groups in total. The molecule has 92 valence electrons. The summed E-state index contributed by atoms with van der Waals surface area (Å²) in [5.41, 5.74) is 7.19. The lowest BCUT2D eigenvalue weighted by molar-refractivity contribution is 0.224. The third-order valence-electron chi connectivity index (χ3n) is 3.64. The fourth-order valence-electron chi connectivity index (χ4n) is 1.69. The first-order valence-corrected chi connectivity index (χ1v) is 6.13. The molecule has 0 spiro atoms. The second kappa shape index (κ2) is 5.00. The number of nitrogens with two attached hydrogens (primary N) is 1. The number of rotatable bonds is 5. The van der Waals surface area contributed by atoms with Crippen molar-refractivity contribution < 1.29 is 0 Å². The Morgan fingerprint density at radius 1 is 1.38 bits per heavy atom. The van der Waals surface area contributed by atoms with Gasteiger partial charge >= 0.3 is 0 Å². The molecule has 0 bridgehead atoms. The SMILES string of the molecule is CC(C)n1ccc(CC(C)(CN)C(C)C)n1. The Labute approximate surface area is 99.0 Å². The number of nitrogens with zero attached hydrogens (tertiary/aromatic N) is 2. The van der Waals surface area contributed by atoms with Crippen molar-refractivity contribution in [3.05, 3.63) is 18.0 Å². The summed E-state index contributed by atoms with van der Waals surface area (Å²) < 4.78 is 2.01. The Bertz CT molecular complexity index is 328. The fourth-order valence-corrected chi connectivity index (χ4v) is 1.69. The first-order chi connectivity index (χ1) is 7.39. The summed E-state index contributed by atoms with van der Waals surface area (Å²) >= 11 is 0. The van der Waals surface area contributed by atoms with Crippen molar-refractivity contribution in [1.82, 2.24) is 9.78 Å². The minimum atomic E-state index is 0.149. The minimum absolute atomic E-state index is 0.149. The molecule has 0 amide bonds. The van der Waals surface area contributed by atoms with Gasteiger partial charge in [0, 0.05) is 12.2 Å². The van der Waals surface area contributed by atoms with E-state index in [2.05, 4.69) is 52.0 Å². The van der Waals surface area contributed by atoms with Crippen molar-refractivity contribution in [2.75, 3.05) is 6.54 Å². The maximum atomic E-state index is 5.89. The van der Waals surface area contributed by atoms with Crippen LogP contribution in [0.25, 0.3) is 0 Å². The van der Waals surface area contributed by atoms with E-state index >= 15 is 0 Å². The van der Waals surface area contributed by atoms with Crippen LogP contribution >= 0.6 is 0 Å². The van der Waals surface area contributed by atoms with Gasteiger partial charge in [0.2, 0.25) is 0 Å². The maximum Gasteiger partial charge on any atom is 0.0630 e. The lowest BCUT2D eigenvalue weighted by Crippen LogP contribution is -2.34. The molecule has 16 heavy (non-hydrogen) atoms. The normalized spacial score (nSPS) is 15.8. The molecule has 3 nitrogen and oxygen atoms in total. The smallest absolute Gasteiger partial charge is 0.0630 e. The Morgan fingerprint density at radius 2 is 2.00 bits per heavy atom. The Kier molecular flexibility index (Phi) is 4.14. The summed E-state index contributed by atoms with van der Waals surface area (Å²) in [6.07, 6.45) is 3.01. The summed E-state index contributed by atoms with van der Waals surface area (Å²) in [5.74, 6) is 0.571. The highest BCUT2D eigenvalue weighted by Gasteiger charge is 2.27. The molecule has 0 fully saturated rings. The van der Waals surface area contributed by atoms with Gasteiger partial charge in [0.15, 0.2) is 0 Å². The van der Waals surface area contributed by atoms with E-state index in [1.807, 2.05) is 4.68 Å². The molecular weight excluding hydrogens is 198 g/mol. The van der Waals surface area contributed by atoms with Gasteiger partial charge in [-0.25, -0.2) is 0 Å². The largest absolute Gasteiger partial charge is 0.330 e. The van der Waals surface area contributed by atoms with Crippen LogP contribution in [0.3, 0.4) is 0 Å². The molecule has 1 aromatic heterocycles. The first kappa shape index (κ1) is 13.2. The van der Waals surface area contributed by atoms with Crippen LogP contribution in [0.5, 0.6) is 0 Å². The van der Waals surface area contributed by atoms with Gasteiger partial charge in [-0.1, -0.05) is 20.8 Å². The summed E-state index contributed by atoms with van der Waals surface area (Å²) in [4.78, 5) is 0. The summed E-state index contributed by atoms with van der Waals surface area (Å²) in [7, 11) is 0. The third-order valence-corrected chi connectivity index (χ3v) is 3.64. The predicted octanol–water partition coefficient (Wildman–Crippen LogP) is 2.63. The molecule has 0 aliphatic rings. The van der Waals surface area contributed by atoms with Crippen molar-refractivity contribution in [1.29, 1.82) is 0 Å². The molecule has 0 aliphatic heterocycles. The average molecular weight is 223 g/mol. The monoisotopic (exact) mass is 223 g/mol. The highest BCUT2D eigenvalue weighted by Crippen LogP contribution is 2.29. The summed E-state index contributed by atoms with van der Waals surface area (Å²) in [6, 6.07) is 2.54. The van der Waals surface area contributed by atoms with E-state index in [0.29, 0.717) is 18.5 Å². The molecule has 0 aliphatic carbocycles. The number of hydrogen-bond donors (Lipinski definition) is 1. The molecular formula is C13H25N3. The lowest BCUT2D eigenvalue weighted by Gasteiger charge is -2.31. The zero-order chi connectivity index (χ0) is 12.3. The average Bonchev–Trinajstić information content (AvgIpc) is 2.65. The molecule has 1 rings (SSSR count). The van der Waals surface area contributed by atoms with Crippen molar-refractivity contribution in [2.45, 2.75) is 47.1 Å². The van der Waals surface area contributed by atoms with Gasteiger partial charge < -0.3 is 5.73 Å². The van der Waals surface area contributed by atoms with E-state index in [1.165, 1.54) is 0 Å². The number of hydrogen-bond acceptors (Lipinski definition) is 2. The van der Waals surface area contributed by atoms with Gasteiger partial charge in [0.05, 0.1) is 5.69 Å². The Hall–Kier alpha value is -0.830. The van der Waals surface area contributed by atoms with Crippen LogP contribution in [0.4, 0.5) is 0 Å². The van der Waals surface area contributed by atoms with Crippen LogP contribution in [-0.4, -0.2) is 16.3 Å². The molecule has 0 saturated heterocycles. The Morgan fingerprint density at radius 3 is 2.38 bits per heavy atom. The van der Waals surface area contributed by atoms with Gasteiger partial charge in [-0.3, -0.25) is 4.68 Å². The lowest BCUT2D eigenvalue weighted by atomic mass is 9.75. The van der Waals surface area contributed by atoms with Crippen LogP contribution in [0.1, 0.15) is 46.4 Å². The van der Waals surface area contributed by atoms with Gasteiger partial charge in [-0.2, -0.15) is 5.10 Å². The molecule has 0 saturated carbocycles. The molecule has 0 radical (unpaired) electrons. The molecule has 0 aromatic carbocycles. The van der Waals surface area contributed by atoms with Crippen LogP contribution in [0, 0.1) is 11.3 Å². The summed E-state index contributed by atoms with van der Waals surface area (Å²) in [5, 5.41) is 4.59. The molecule has 1 unspecified atom stereocenters. The van der Waals surface area contributed by atoms with Crippen molar-refractivity contribution in [2.24, 2.45) is 17.1 Å². The molecule has 1 atom stereocenters. The van der Waals surface area contributed by atoms with Gasteiger partial charge in [-0.05, 0) is 44.2 Å². The highest BCUT2D eigenvalue weighted by molar-refractivity contribution is 5.04. The third kappa shape index (κ3) is 2.85. The van der Waals surface area contributed by atoms with E-state index in [9.17, 15) is 0 Å². The van der Waals surface area contributed by atoms with Gasteiger partial charge in [-0.15, -0.1) is 0 Å². The molecule has 1 heterocycles. The van der Waals surface area contributed by atoms with E-state index in [4.69, 9.17) is 5.73 Å². The van der Waals surface area contributed by atoms with E-state index < -0.39 is 0 Å². The van der Waals surface area contributed by atoms with Crippen molar-refractivity contribution in [3.8, 4) is 0 Å². The van der Waals surface area contributed by atoms with Crippen LogP contribution in [0.15, 0.2) is 12.3 Å². The quantitative estimate of drug-likeness (QED) is 0.834. The maximum absolute atomic E-state index is 5.89. The minimum Gasteiger partial charge on any atom is -0.330 e. The molecule has 1 aromatic rings. The first-order valence-electron chi connectivity index (χ1n) is 6.13. The standard InChI is InChI=1S/C13H25N3/c1-10(2)13(5,9-14)8-12-6-7-16(15-12)11(3)4/h6-7,10-11H,8-9,14H2,1-5H3. The molecule has 3 heteroatoms. The van der Waals surface area contributed by atoms with Crippen molar-refractivity contribution >= 4 is 0 Å². The van der Waals surface area contributed by atoms with E-state index in [-0.39, 0.29) is 5.41 Å². The zero-order valence-corrected chi connectivity index (χ0v) is 11.2. The van der Waals surface area contributed by atoms with E-state index in [0.717, 1.165) is 12.1 Å². The van der Waals surface area contributed by atoms with Crippen LogP contribution < -0.4 is 5.73 Å². The number of aromatic nitrogens is 2. The van der Waals surface area contributed by atoms with E-state index in [1.54, 1.807) is 0 Å². The van der Waals surface area contributed by atoms with Gasteiger partial charge in [0.1, 0.15) is 0 Å². The van der Waals surface area contributed by atoms with Crippen LogP contribution in [-0.2, 0) is 6.42 Å². The zero-order valence-electron chi connectivity index (χ0n) is 11.2. The van der Waals surface area contributed by atoms with Crippen molar-refractivity contribution in [3.63, 3.8) is 0 Å². The summed E-state index contributed by atoms with van der Waals surface area (Å²) in [6.45, 7) is 11.7.